The molecule has 1 rings (SSSR count). The third-order valence-corrected chi connectivity index (χ3v) is 1.54. The summed E-state index contributed by atoms with van der Waals surface area (Å²) in [5.74, 6) is -0.592. The molecule has 0 fully saturated rings. The van der Waals surface area contributed by atoms with E-state index in [0.29, 0.717) is 0 Å². The number of ether oxygens (including phenoxy) is 1. The van der Waals surface area contributed by atoms with Crippen LogP contribution in [-0.4, -0.2) is 30.5 Å². The maximum absolute atomic E-state index is 11.5. The number of rotatable bonds is 5. The largest absolute Gasteiger partial charge is 0.522 e. The smallest absolute Gasteiger partial charge is 0.289 e. The topological polar surface area (TPSA) is 60.5 Å². The van der Waals surface area contributed by atoms with Gasteiger partial charge in [-0.25, -0.2) is 5.48 Å². The Labute approximate surface area is 94.5 Å². The molecule has 0 aliphatic carbocycles. The van der Waals surface area contributed by atoms with Gasteiger partial charge in [0.05, 0.1) is 18.8 Å². The second kappa shape index (κ2) is 6.16. The van der Waals surface area contributed by atoms with Crippen LogP contribution in [0.1, 0.15) is 10.4 Å². The van der Waals surface area contributed by atoms with Crippen molar-refractivity contribution in [1.29, 1.82) is 0 Å². The molecule has 0 spiro atoms. The van der Waals surface area contributed by atoms with E-state index in [1.54, 1.807) is 6.07 Å². The van der Waals surface area contributed by atoms with Gasteiger partial charge in [-0.2, -0.15) is 0 Å². The van der Waals surface area contributed by atoms with E-state index in [1.807, 2.05) is 5.48 Å². The van der Waals surface area contributed by atoms with Crippen LogP contribution in [0.2, 0.25) is 0 Å². The highest BCUT2D eigenvalue weighted by Gasteiger charge is 2.28. The Balaban J connectivity index is 2.18. The monoisotopic (exact) mass is 250 g/mol. The van der Waals surface area contributed by atoms with Crippen molar-refractivity contribution < 1.29 is 27.5 Å². The first kappa shape index (κ1) is 13.4. The fraction of sp³-hybridized carbons (Fsp3) is 0.333. The molecule has 0 saturated carbocycles. The third-order valence-electron chi connectivity index (χ3n) is 1.54. The zero-order valence-corrected chi connectivity index (χ0v) is 8.53. The molecule has 0 atom stereocenters. The van der Waals surface area contributed by atoms with E-state index in [-0.39, 0.29) is 5.56 Å². The number of carbonyl (C=O) groups is 1. The van der Waals surface area contributed by atoms with Crippen molar-refractivity contribution in [3.8, 4) is 0 Å². The second-order valence-electron chi connectivity index (χ2n) is 2.82. The quantitative estimate of drug-likeness (QED) is 0.631. The predicted octanol–water partition coefficient (Wildman–Crippen LogP) is 1.28. The summed E-state index contributed by atoms with van der Waals surface area (Å²) in [5.41, 5.74) is 2.20. The first-order valence-corrected chi connectivity index (χ1v) is 4.52. The molecule has 0 aliphatic heterocycles. The van der Waals surface area contributed by atoms with Crippen LogP contribution in [0.5, 0.6) is 0 Å². The van der Waals surface area contributed by atoms with Crippen LogP contribution in [0.15, 0.2) is 24.5 Å². The highest BCUT2D eigenvalue weighted by atomic mass is 19.4. The highest BCUT2D eigenvalue weighted by molar-refractivity contribution is 5.92. The zero-order valence-electron chi connectivity index (χ0n) is 8.53. The number of pyridine rings is 1. The number of alkyl halides is 3. The Morgan fingerprint density at radius 1 is 1.41 bits per heavy atom. The maximum Gasteiger partial charge on any atom is 0.522 e. The van der Waals surface area contributed by atoms with Crippen LogP contribution in [0, 0.1) is 0 Å². The first-order chi connectivity index (χ1) is 7.99. The SMILES string of the molecule is O=C(NOCCOC(F)(F)F)c1cccnc1. The minimum atomic E-state index is -4.70. The summed E-state index contributed by atoms with van der Waals surface area (Å²) >= 11 is 0. The molecule has 0 bridgehead atoms. The molecule has 1 aromatic rings. The Morgan fingerprint density at radius 3 is 2.76 bits per heavy atom. The van der Waals surface area contributed by atoms with Gasteiger partial charge >= 0.3 is 6.36 Å². The summed E-state index contributed by atoms with van der Waals surface area (Å²) in [7, 11) is 0. The molecule has 17 heavy (non-hydrogen) atoms. The summed E-state index contributed by atoms with van der Waals surface area (Å²) in [4.78, 5) is 19.5. The molecular weight excluding hydrogens is 241 g/mol. The number of hydrogen-bond donors (Lipinski definition) is 1. The zero-order chi connectivity index (χ0) is 12.7. The fourth-order valence-electron chi connectivity index (χ4n) is 0.872. The second-order valence-corrected chi connectivity index (χ2v) is 2.82. The Morgan fingerprint density at radius 2 is 2.18 bits per heavy atom. The van der Waals surface area contributed by atoms with Crippen LogP contribution in [0.3, 0.4) is 0 Å². The molecule has 5 nitrogen and oxygen atoms in total. The van der Waals surface area contributed by atoms with Gasteiger partial charge in [-0.15, -0.1) is 13.2 Å². The molecule has 0 aliphatic rings. The third kappa shape index (κ3) is 5.83. The van der Waals surface area contributed by atoms with Crippen molar-refractivity contribution in [2.45, 2.75) is 6.36 Å². The molecule has 0 aromatic carbocycles. The van der Waals surface area contributed by atoms with Gasteiger partial charge in [-0.1, -0.05) is 0 Å². The van der Waals surface area contributed by atoms with E-state index < -0.39 is 25.5 Å². The molecule has 1 aromatic heterocycles. The number of aromatic nitrogens is 1. The van der Waals surface area contributed by atoms with E-state index in [1.165, 1.54) is 18.5 Å². The summed E-state index contributed by atoms with van der Waals surface area (Å²) in [5, 5.41) is 0. The first-order valence-electron chi connectivity index (χ1n) is 4.52. The van der Waals surface area contributed by atoms with Crippen molar-refractivity contribution in [1.82, 2.24) is 10.5 Å². The van der Waals surface area contributed by atoms with Crippen LogP contribution < -0.4 is 5.48 Å². The van der Waals surface area contributed by atoms with Gasteiger partial charge in [0, 0.05) is 12.4 Å². The fourth-order valence-corrected chi connectivity index (χ4v) is 0.872. The molecule has 1 amide bonds. The van der Waals surface area contributed by atoms with Gasteiger partial charge < -0.3 is 0 Å². The van der Waals surface area contributed by atoms with E-state index >= 15 is 0 Å². The van der Waals surface area contributed by atoms with E-state index in [9.17, 15) is 18.0 Å². The van der Waals surface area contributed by atoms with Crippen LogP contribution in [-0.2, 0) is 9.57 Å². The average Bonchev–Trinajstić information content (AvgIpc) is 2.28. The van der Waals surface area contributed by atoms with Crippen molar-refractivity contribution in [2.24, 2.45) is 0 Å². The molecule has 8 heteroatoms. The minimum Gasteiger partial charge on any atom is -0.289 e. The van der Waals surface area contributed by atoms with Crippen molar-refractivity contribution >= 4 is 5.91 Å². The number of halogens is 3. The number of carbonyl (C=O) groups excluding carboxylic acids is 1. The van der Waals surface area contributed by atoms with Crippen molar-refractivity contribution in [2.75, 3.05) is 13.2 Å². The van der Waals surface area contributed by atoms with Crippen LogP contribution in [0.4, 0.5) is 13.2 Å². The summed E-state index contributed by atoms with van der Waals surface area (Å²) in [6, 6.07) is 3.03. The average molecular weight is 250 g/mol. The lowest BCUT2D eigenvalue weighted by Crippen LogP contribution is -2.27. The van der Waals surface area contributed by atoms with Gasteiger partial charge in [0.15, 0.2) is 0 Å². The number of nitrogens with zero attached hydrogens (tertiary/aromatic N) is 1. The molecular formula is C9H9F3N2O3. The van der Waals surface area contributed by atoms with E-state index in [4.69, 9.17) is 0 Å². The molecule has 0 radical (unpaired) electrons. The van der Waals surface area contributed by atoms with Gasteiger partial charge in [0.2, 0.25) is 0 Å². The van der Waals surface area contributed by atoms with Gasteiger partial charge in [0.25, 0.3) is 5.91 Å². The maximum atomic E-state index is 11.5. The van der Waals surface area contributed by atoms with Crippen molar-refractivity contribution in [3.63, 3.8) is 0 Å². The molecule has 1 heterocycles. The summed E-state index contributed by atoms with van der Waals surface area (Å²) in [6.07, 6.45) is -1.92. The lowest BCUT2D eigenvalue weighted by molar-refractivity contribution is -0.327. The highest BCUT2D eigenvalue weighted by Crippen LogP contribution is 2.15. The summed E-state index contributed by atoms with van der Waals surface area (Å²) in [6.45, 7) is -1.11. The van der Waals surface area contributed by atoms with Gasteiger partial charge in [-0.05, 0) is 12.1 Å². The van der Waals surface area contributed by atoms with E-state index in [2.05, 4.69) is 14.6 Å². The van der Waals surface area contributed by atoms with Gasteiger partial charge in [0.1, 0.15) is 0 Å². The lowest BCUT2D eigenvalue weighted by atomic mass is 10.3. The number of hydroxylamine groups is 1. The van der Waals surface area contributed by atoms with Gasteiger partial charge in [-0.3, -0.25) is 19.4 Å². The van der Waals surface area contributed by atoms with Crippen LogP contribution >= 0.6 is 0 Å². The molecule has 94 valence electrons. The lowest BCUT2D eigenvalue weighted by Gasteiger charge is -2.08. The summed E-state index contributed by atoms with van der Waals surface area (Å²) < 4.78 is 38.0. The molecule has 0 saturated heterocycles. The Kier molecular flexibility index (Phi) is 4.85. The van der Waals surface area contributed by atoms with Crippen molar-refractivity contribution in [3.05, 3.63) is 30.1 Å². The predicted molar refractivity (Wildman–Crippen MR) is 49.7 cm³/mol. The molecule has 1 N–H and O–H groups in total. The number of nitrogens with one attached hydrogen (secondary N) is 1. The normalized spacial score (nSPS) is 11.2. The van der Waals surface area contributed by atoms with Crippen LogP contribution in [0.25, 0.3) is 0 Å². The Hall–Kier alpha value is -1.67. The standard InChI is InChI=1S/C9H9F3N2O3/c10-9(11,12)16-4-5-17-14-8(15)7-2-1-3-13-6-7/h1-3,6H,4-5H2,(H,14,15). The van der Waals surface area contributed by atoms with E-state index in [0.717, 1.165) is 0 Å². The number of hydrogen-bond acceptors (Lipinski definition) is 4. The minimum absolute atomic E-state index is 0.240. The number of amides is 1. The molecule has 0 unspecified atom stereocenters. The Bertz CT molecular complexity index is 356.